The van der Waals surface area contributed by atoms with Crippen molar-refractivity contribution in [3.05, 3.63) is 0 Å². The fourth-order valence-electron chi connectivity index (χ4n) is 5.25. The third-order valence-corrected chi connectivity index (χ3v) is 8.05. The van der Waals surface area contributed by atoms with Crippen LogP contribution in [0.5, 0.6) is 0 Å². The second-order valence-corrected chi connectivity index (χ2v) is 11.8. The Hall–Kier alpha value is -0.850. The molecule has 0 bridgehead atoms. The van der Waals surface area contributed by atoms with Crippen molar-refractivity contribution in [2.24, 2.45) is 0 Å². The van der Waals surface area contributed by atoms with Crippen LogP contribution in [-0.2, 0) is 14.3 Å². The number of aliphatic hydroxyl groups excluding tert-OH is 6. The third kappa shape index (κ3) is 16.0. The minimum absolute atomic E-state index is 0.268. The highest BCUT2D eigenvalue weighted by atomic mass is 16.7. The Morgan fingerprint density at radius 2 is 1.27 bits per heavy atom. The number of rotatable bonds is 25. The fourth-order valence-corrected chi connectivity index (χ4v) is 5.25. The van der Waals surface area contributed by atoms with Gasteiger partial charge in [0.25, 0.3) is 0 Å². The van der Waals surface area contributed by atoms with Gasteiger partial charge < -0.3 is 45.4 Å². The number of amides is 1. The van der Waals surface area contributed by atoms with Crippen molar-refractivity contribution in [1.82, 2.24) is 5.32 Å². The average Bonchev–Trinajstić information content (AvgIpc) is 2.97. The molecule has 1 saturated heterocycles. The van der Waals surface area contributed by atoms with Crippen LogP contribution in [0.1, 0.15) is 129 Å². The molecule has 10 nitrogen and oxygen atoms in total. The molecule has 0 aromatic heterocycles. The highest BCUT2D eigenvalue weighted by Crippen LogP contribution is 2.23. The van der Waals surface area contributed by atoms with E-state index >= 15 is 0 Å². The van der Waals surface area contributed by atoms with Crippen LogP contribution >= 0.6 is 0 Å². The van der Waals surface area contributed by atoms with E-state index in [9.17, 15) is 35.4 Å². The molecule has 1 aliphatic heterocycles. The minimum atomic E-state index is -1.60. The molecule has 244 valence electrons. The van der Waals surface area contributed by atoms with Crippen molar-refractivity contribution >= 4 is 5.91 Å². The normalized spacial score (nSPS) is 25.1. The van der Waals surface area contributed by atoms with E-state index in [1.807, 2.05) is 0 Å². The fraction of sp³-hybridized carbons (Fsp3) is 0.968. The number of nitrogens with one attached hydrogen (secondary N) is 1. The summed E-state index contributed by atoms with van der Waals surface area (Å²) in [5, 5.41) is 64.2. The van der Waals surface area contributed by atoms with Crippen LogP contribution in [-0.4, -0.2) is 98.7 Å². The number of carbonyl (C=O) groups excluding carboxylic acids is 1. The summed E-state index contributed by atoms with van der Waals surface area (Å²) in [6.07, 6.45) is 8.69. The average molecular weight is 592 g/mol. The largest absolute Gasteiger partial charge is 0.394 e. The van der Waals surface area contributed by atoms with Gasteiger partial charge in [-0.25, -0.2) is 0 Å². The molecule has 0 aromatic carbocycles. The summed E-state index contributed by atoms with van der Waals surface area (Å²) in [4.78, 5) is 12.7. The Kier molecular flexibility index (Phi) is 22.0. The maximum absolute atomic E-state index is 12.7. The first-order valence-corrected chi connectivity index (χ1v) is 16.3. The third-order valence-electron chi connectivity index (χ3n) is 8.05. The van der Waals surface area contributed by atoms with Crippen molar-refractivity contribution in [2.75, 3.05) is 13.2 Å². The lowest BCUT2D eigenvalue weighted by Crippen LogP contribution is -2.60. The van der Waals surface area contributed by atoms with E-state index in [0.717, 1.165) is 51.4 Å². The van der Waals surface area contributed by atoms with Crippen LogP contribution in [0.15, 0.2) is 0 Å². The molecule has 1 rings (SSSR count). The van der Waals surface area contributed by atoms with Gasteiger partial charge in [-0.2, -0.15) is 0 Å². The van der Waals surface area contributed by atoms with Gasteiger partial charge in [-0.15, -0.1) is 0 Å². The van der Waals surface area contributed by atoms with E-state index in [2.05, 4.69) is 19.2 Å². The predicted molar refractivity (Wildman–Crippen MR) is 158 cm³/mol. The molecule has 8 atom stereocenters. The predicted octanol–water partition coefficient (Wildman–Crippen LogP) is 3.07. The van der Waals surface area contributed by atoms with E-state index in [1.165, 1.54) is 51.4 Å². The second kappa shape index (κ2) is 23.6. The minimum Gasteiger partial charge on any atom is -0.394 e. The van der Waals surface area contributed by atoms with Crippen molar-refractivity contribution in [1.29, 1.82) is 0 Å². The maximum Gasteiger partial charge on any atom is 0.220 e. The van der Waals surface area contributed by atoms with Crippen LogP contribution < -0.4 is 5.32 Å². The zero-order chi connectivity index (χ0) is 30.5. The topological polar surface area (TPSA) is 169 Å². The van der Waals surface area contributed by atoms with Gasteiger partial charge in [0.15, 0.2) is 6.29 Å². The monoisotopic (exact) mass is 591 g/mol. The van der Waals surface area contributed by atoms with E-state index < -0.39 is 55.6 Å². The Balaban J connectivity index is 2.60. The van der Waals surface area contributed by atoms with Crippen molar-refractivity contribution in [3.8, 4) is 0 Å². The highest BCUT2D eigenvalue weighted by molar-refractivity contribution is 5.76. The van der Waals surface area contributed by atoms with Gasteiger partial charge in [-0.3, -0.25) is 4.79 Å². The highest BCUT2D eigenvalue weighted by Gasteiger charge is 2.44. The van der Waals surface area contributed by atoms with Gasteiger partial charge in [0.05, 0.1) is 25.4 Å². The Morgan fingerprint density at radius 3 is 1.80 bits per heavy atom. The van der Waals surface area contributed by atoms with E-state index in [1.54, 1.807) is 0 Å². The molecule has 1 fully saturated rings. The van der Waals surface area contributed by atoms with Crippen LogP contribution in [0, 0.1) is 0 Å². The molecule has 2 unspecified atom stereocenters. The quantitative estimate of drug-likeness (QED) is 0.0789. The molecule has 1 amide bonds. The zero-order valence-corrected chi connectivity index (χ0v) is 25.7. The second-order valence-electron chi connectivity index (χ2n) is 11.8. The molecule has 1 aliphatic rings. The van der Waals surface area contributed by atoms with Crippen molar-refractivity contribution < 1.29 is 44.9 Å². The smallest absolute Gasteiger partial charge is 0.220 e. The molecule has 0 aromatic rings. The summed E-state index contributed by atoms with van der Waals surface area (Å²) in [6.45, 7) is 3.47. The Morgan fingerprint density at radius 1 is 0.756 bits per heavy atom. The van der Waals surface area contributed by atoms with Gasteiger partial charge >= 0.3 is 0 Å². The van der Waals surface area contributed by atoms with Crippen LogP contribution in [0.4, 0.5) is 0 Å². The number of hydrogen-bond donors (Lipinski definition) is 7. The Bertz CT molecular complexity index is 639. The molecule has 41 heavy (non-hydrogen) atoms. The first kappa shape index (κ1) is 38.2. The molecule has 0 saturated carbocycles. The molecule has 7 N–H and O–H groups in total. The summed E-state index contributed by atoms with van der Waals surface area (Å²) < 4.78 is 11.0. The maximum atomic E-state index is 12.7. The van der Waals surface area contributed by atoms with Crippen molar-refractivity contribution in [2.45, 2.75) is 178 Å². The van der Waals surface area contributed by atoms with Crippen molar-refractivity contribution in [3.63, 3.8) is 0 Å². The molecule has 10 heteroatoms. The first-order chi connectivity index (χ1) is 19.8. The molecule has 1 heterocycles. The lowest BCUT2D eigenvalue weighted by atomic mass is 9.98. The van der Waals surface area contributed by atoms with Gasteiger partial charge in [0.1, 0.15) is 30.5 Å². The number of carbonyl (C=O) groups is 1. The molecule has 0 spiro atoms. The first-order valence-electron chi connectivity index (χ1n) is 16.3. The summed E-state index contributed by atoms with van der Waals surface area (Å²) in [6, 6.07) is -0.979. The number of ether oxygens (including phenoxy) is 2. The zero-order valence-electron chi connectivity index (χ0n) is 25.7. The van der Waals surface area contributed by atoms with Crippen LogP contribution in [0.3, 0.4) is 0 Å². The lowest BCUT2D eigenvalue weighted by molar-refractivity contribution is -0.303. The number of unbranched alkanes of at least 4 members (excludes halogenated alkanes) is 14. The van der Waals surface area contributed by atoms with Gasteiger partial charge in [0.2, 0.25) is 5.91 Å². The van der Waals surface area contributed by atoms with Gasteiger partial charge in [-0.05, 0) is 12.8 Å². The Labute approximate surface area is 247 Å². The van der Waals surface area contributed by atoms with E-state index in [4.69, 9.17) is 9.47 Å². The van der Waals surface area contributed by atoms with Gasteiger partial charge in [0, 0.05) is 6.42 Å². The standard InChI is InChI=1S/C31H61NO9/c1-3-5-7-9-11-12-14-15-17-19-24(34)27(36)23(32-26(35)20-18-16-13-10-8-6-4-2)22-40-31-30(39)29(38)28(37)25(21-33)41-31/h23-25,27-31,33-34,36-39H,3-22H2,1-2H3,(H,32,35)/t23-,24+,25+,27-,28+,29?,30?,31+/m0/s1. The SMILES string of the molecule is CCCCCCCCCCC[C@@H](O)[C@@H](O)[C@H](CO[C@@H]1O[C@H](CO)[C@@H](O)C(O)C1O)NC(=O)CCCCCCCCC. The van der Waals surface area contributed by atoms with Crippen LogP contribution in [0.2, 0.25) is 0 Å². The summed E-state index contributed by atoms with van der Waals surface area (Å²) >= 11 is 0. The number of aliphatic hydroxyl groups is 6. The lowest BCUT2D eigenvalue weighted by Gasteiger charge is -2.40. The molecular formula is C31H61NO9. The molecular weight excluding hydrogens is 530 g/mol. The van der Waals surface area contributed by atoms with E-state index in [0.29, 0.717) is 6.42 Å². The molecule has 0 aliphatic carbocycles. The molecule has 0 radical (unpaired) electrons. The summed E-state index contributed by atoms with van der Waals surface area (Å²) in [5.41, 5.74) is 0. The summed E-state index contributed by atoms with van der Waals surface area (Å²) in [7, 11) is 0. The summed E-state index contributed by atoms with van der Waals surface area (Å²) in [5.74, 6) is -0.268. The number of hydrogen-bond acceptors (Lipinski definition) is 9. The van der Waals surface area contributed by atoms with E-state index in [-0.39, 0.29) is 18.9 Å². The van der Waals surface area contributed by atoms with Crippen LogP contribution in [0.25, 0.3) is 0 Å². The van der Waals surface area contributed by atoms with Gasteiger partial charge in [-0.1, -0.05) is 110 Å².